The molecule has 0 amide bonds. The largest absolute Gasteiger partial charge is 0.363 e. The number of aromatic amines is 1. The number of thiophene rings is 1. The first kappa shape index (κ1) is 22.4. The van der Waals surface area contributed by atoms with Gasteiger partial charge in [0.15, 0.2) is 12.1 Å². The van der Waals surface area contributed by atoms with Crippen LogP contribution < -0.4 is 20.9 Å². The number of nitrogens with two attached hydrogens (primary N) is 1. The first-order chi connectivity index (χ1) is 17.2. The smallest absolute Gasteiger partial charge is 0.309 e. The minimum atomic E-state index is 0.322. The van der Waals surface area contributed by atoms with Gasteiger partial charge in [0.1, 0.15) is 0 Å². The third-order valence-electron chi connectivity index (χ3n) is 7.36. The number of aromatic nitrogens is 5. The van der Waals surface area contributed by atoms with Gasteiger partial charge in [-0.3, -0.25) is 9.97 Å². The predicted octanol–water partition coefficient (Wildman–Crippen LogP) is 4.78. The quantitative estimate of drug-likeness (QED) is 0.278. The first-order valence-electron chi connectivity index (χ1n) is 12.8. The molecule has 0 spiro atoms. The molecule has 5 N–H and O–H groups in total. The molecule has 0 aliphatic heterocycles. The third kappa shape index (κ3) is 4.88. The van der Waals surface area contributed by atoms with Gasteiger partial charge < -0.3 is 16.4 Å². The molecule has 2 aliphatic rings. The molecule has 2 saturated carbocycles. The lowest BCUT2D eigenvalue weighted by Crippen LogP contribution is -2.37. The van der Waals surface area contributed by atoms with E-state index in [9.17, 15) is 0 Å². The molecule has 0 atom stereocenters. The fourth-order valence-electron chi connectivity index (χ4n) is 5.35. The highest BCUT2D eigenvalue weighted by Crippen LogP contribution is 2.28. The highest BCUT2D eigenvalue weighted by molar-refractivity contribution is 7.13. The molecular weight excluding hydrogens is 456 g/mol. The van der Waals surface area contributed by atoms with E-state index in [-0.39, 0.29) is 0 Å². The molecule has 4 aromatic rings. The molecule has 4 heterocycles. The number of hydrogen-bond donors (Lipinski definition) is 4. The van der Waals surface area contributed by atoms with Crippen molar-refractivity contribution >= 4 is 34.3 Å². The van der Waals surface area contributed by atoms with Crippen LogP contribution in [0.2, 0.25) is 0 Å². The molecule has 4 aromatic heterocycles. The van der Waals surface area contributed by atoms with Gasteiger partial charge in [-0.25, -0.2) is 4.57 Å². The summed E-state index contributed by atoms with van der Waals surface area (Å²) < 4.78 is 2.31. The maximum atomic E-state index is 6.12. The summed E-state index contributed by atoms with van der Waals surface area (Å²) in [5.74, 6) is 1.52. The van der Waals surface area contributed by atoms with Gasteiger partial charge in [0.25, 0.3) is 0 Å². The summed E-state index contributed by atoms with van der Waals surface area (Å²) in [5.41, 5.74) is 10.2. The van der Waals surface area contributed by atoms with Crippen molar-refractivity contribution in [2.45, 2.75) is 76.0 Å². The number of imidazole rings is 1. The van der Waals surface area contributed by atoms with Crippen LogP contribution in [-0.2, 0) is 6.54 Å². The molecule has 2 fully saturated rings. The molecule has 0 bridgehead atoms. The lowest BCUT2D eigenvalue weighted by molar-refractivity contribution is -0.698. The summed E-state index contributed by atoms with van der Waals surface area (Å²) in [7, 11) is 0. The molecule has 0 unspecified atom stereocenters. The average molecular weight is 490 g/mol. The van der Waals surface area contributed by atoms with Crippen molar-refractivity contribution in [3.8, 4) is 10.6 Å². The zero-order chi connectivity index (χ0) is 23.6. The Bertz CT molecular complexity index is 1250. The second-order valence-corrected chi connectivity index (χ2v) is 10.8. The van der Waals surface area contributed by atoms with E-state index in [2.05, 4.69) is 61.1 Å². The molecule has 9 heteroatoms. The van der Waals surface area contributed by atoms with Crippen LogP contribution in [0.1, 0.15) is 63.0 Å². The minimum Gasteiger partial charge on any atom is -0.363 e. The lowest BCUT2D eigenvalue weighted by Gasteiger charge is -2.26. The van der Waals surface area contributed by atoms with Gasteiger partial charge in [0.2, 0.25) is 5.52 Å². The highest BCUT2D eigenvalue weighted by Gasteiger charge is 2.28. The van der Waals surface area contributed by atoms with E-state index in [4.69, 9.17) is 15.7 Å². The van der Waals surface area contributed by atoms with Crippen LogP contribution >= 0.6 is 11.3 Å². The molecule has 182 valence electrons. The Labute approximate surface area is 209 Å². The number of nitrogens with zero attached hydrogens (tertiary/aromatic N) is 4. The first-order valence-corrected chi connectivity index (χ1v) is 13.7. The summed E-state index contributed by atoms with van der Waals surface area (Å²) in [4.78, 5) is 19.2. The van der Waals surface area contributed by atoms with Gasteiger partial charge in [-0.1, -0.05) is 17.1 Å². The van der Waals surface area contributed by atoms with Crippen molar-refractivity contribution in [1.29, 1.82) is 0 Å². The van der Waals surface area contributed by atoms with Gasteiger partial charge in [-0.05, 0) is 74.4 Å². The number of anilines is 2. The molecule has 35 heavy (non-hydrogen) atoms. The Hall–Kier alpha value is -3.04. The fraction of sp³-hybridized carbons (Fsp3) is 0.462. The number of nitrogens with one attached hydrogen (secondary N) is 3. The van der Waals surface area contributed by atoms with Crippen molar-refractivity contribution in [3.05, 3.63) is 47.7 Å². The molecule has 6 rings (SSSR count). The Morgan fingerprint density at radius 3 is 2.66 bits per heavy atom. The molecule has 0 radical (unpaired) electrons. The van der Waals surface area contributed by atoms with Crippen molar-refractivity contribution in [3.63, 3.8) is 0 Å². The number of fused-ring (bicyclic) bond motifs is 1. The van der Waals surface area contributed by atoms with E-state index in [0.29, 0.717) is 30.6 Å². The maximum absolute atomic E-state index is 6.12. The van der Waals surface area contributed by atoms with Gasteiger partial charge >= 0.3 is 11.6 Å². The highest BCUT2D eigenvalue weighted by atomic mass is 32.1. The van der Waals surface area contributed by atoms with E-state index in [1.165, 1.54) is 30.6 Å². The van der Waals surface area contributed by atoms with Crippen molar-refractivity contribution in [2.75, 3.05) is 10.6 Å². The van der Waals surface area contributed by atoms with E-state index in [1.54, 1.807) is 11.3 Å². The van der Waals surface area contributed by atoms with Gasteiger partial charge in [-0.2, -0.15) is 4.98 Å². The normalized spacial score (nSPS) is 20.9. The van der Waals surface area contributed by atoms with Crippen molar-refractivity contribution < 1.29 is 4.57 Å². The number of hydrogen-bond acceptors (Lipinski definition) is 7. The summed E-state index contributed by atoms with van der Waals surface area (Å²) in [6, 6.07) is 9.56. The average Bonchev–Trinajstić information content (AvgIpc) is 3.66. The number of pyridine rings is 1. The second-order valence-electron chi connectivity index (χ2n) is 9.85. The summed E-state index contributed by atoms with van der Waals surface area (Å²) in [6.45, 7) is 0.643. The molecular formula is C26H33N8S+. The Balaban J connectivity index is 1.25. The Kier molecular flexibility index (Phi) is 6.35. The Morgan fingerprint density at radius 1 is 1.06 bits per heavy atom. The van der Waals surface area contributed by atoms with Crippen LogP contribution in [0.25, 0.3) is 21.7 Å². The SMILES string of the molecule is NC1CCC(Nc2nc(NCc3ccc(-c4cccs4)nc3)c3[nH]c[n+](C4CCCC4)c3n2)CC1. The summed E-state index contributed by atoms with van der Waals surface area (Å²) in [6.07, 6.45) is 13.2. The van der Waals surface area contributed by atoms with Crippen LogP contribution in [0.4, 0.5) is 11.8 Å². The van der Waals surface area contributed by atoms with Crippen LogP contribution in [0.15, 0.2) is 42.2 Å². The topological polar surface area (TPSA) is 108 Å². The predicted molar refractivity (Wildman–Crippen MR) is 140 cm³/mol. The van der Waals surface area contributed by atoms with Crippen LogP contribution in [-0.4, -0.2) is 32.0 Å². The Morgan fingerprint density at radius 2 is 1.91 bits per heavy atom. The summed E-state index contributed by atoms with van der Waals surface area (Å²) >= 11 is 1.71. The molecule has 0 saturated heterocycles. The van der Waals surface area contributed by atoms with Crippen LogP contribution in [0.5, 0.6) is 0 Å². The maximum Gasteiger partial charge on any atom is 0.309 e. The second kappa shape index (κ2) is 9.91. The lowest BCUT2D eigenvalue weighted by atomic mass is 9.92. The number of H-pyrrole nitrogens is 1. The monoisotopic (exact) mass is 489 g/mol. The number of rotatable bonds is 7. The van der Waals surface area contributed by atoms with Crippen molar-refractivity contribution in [1.82, 2.24) is 19.9 Å². The molecule has 0 aromatic carbocycles. The van der Waals surface area contributed by atoms with Crippen LogP contribution in [0.3, 0.4) is 0 Å². The van der Waals surface area contributed by atoms with Crippen molar-refractivity contribution in [2.24, 2.45) is 5.73 Å². The van der Waals surface area contributed by atoms with E-state index < -0.39 is 0 Å². The van der Waals surface area contributed by atoms with E-state index in [0.717, 1.165) is 53.9 Å². The fourth-order valence-corrected chi connectivity index (χ4v) is 6.05. The van der Waals surface area contributed by atoms with Gasteiger partial charge in [0, 0.05) is 24.8 Å². The van der Waals surface area contributed by atoms with E-state index in [1.807, 2.05) is 6.20 Å². The standard InChI is InChI=1S/C26H32N8S/c27-18-8-10-19(11-9-18)31-26-32-24(23-25(33-26)34(16-30-23)20-4-1-2-5-20)29-15-17-7-12-21(28-14-17)22-6-3-13-35-22/h3,6-7,12-14,16,18-20H,1-2,4-5,8-11,15,27H2,(H2,29,31,32,33)/p+1. The van der Waals surface area contributed by atoms with Gasteiger partial charge in [-0.15, -0.1) is 11.3 Å². The van der Waals surface area contributed by atoms with Gasteiger partial charge in [0.05, 0.1) is 16.6 Å². The summed E-state index contributed by atoms with van der Waals surface area (Å²) in [5, 5.41) is 9.24. The zero-order valence-electron chi connectivity index (χ0n) is 19.9. The molecule has 2 aliphatic carbocycles. The molecule has 8 nitrogen and oxygen atoms in total. The van der Waals surface area contributed by atoms with Crippen LogP contribution in [0, 0.1) is 0 Å². The van der Waals surface area contributed by atoms with E-state index >= 15 is 0 Å². The minimum absolute atomic E-state index is 0.322. The zero-order valence-corrected chi connectivity index (χ0v) is 20.7. The third-order valence-corrected chi connectivity index (χ3v) is 8.26.